The van der Waals surface area contributed by atoms with Crippen LogP contribution in [0.2, 0.25) is 0 Å². The van der Waals surface area contributed by atoms with Gasteiger partial charge in [-0.25, -0.2) is 0 Å². The molecule has 1 aliphatic rings. The zero-order chi connectivity index (χ0) is 11.8. The molecule has 0 spiro atoms. The Hall–Kier alpha value is -0.930. The van der Waals surface area contributed by atoms with Crippen molar-refractivity contribution in [1.82, 2.24) is 15.2 Å². The first-order chi connectivity index (χ1) is 8.45. The fourth-order valence-electron chi connectivity index (χ4n) is 2.34. The molecular formula is C14H23N3. The normalized spacial score (nSPS) is 16.5. The van der Waals surface area contributed by atoms with Gasteiger partial charge in [0.25, 0.3) is 0 Å². The van der Waals surface area contributed by atoms with Crippen LogP contribution < -0.4 is 5.32 Å². The number of hydrogen-bond acceptors (Lipinski definition) is 3. The Labute approximate surface area is 104 Å². The Balaban J connectivity index is 1.46. The molecular weight excluding hydrogens is 210 g/mol. The topological polar surface area (TPSA) is 28.2 Å². The van der Waals surface area contributed by atoms with Crippen LogP contribution in [0.15, 0.2) is 24.5 Å². The zero-order valence-electron chi connectivity index (χ0n) is 10.6. The van der Waals surface area contributed by atoms with E-state index in [0.29, 0.717) is 0 Å². The second-order valence-electron chi connectivity index (χ2n) is 4.76. The van der Waals surface area contributed by atoms with E-state index < -0.39 is 0 Å². The summed E-state index contributed by atoms with van der Waals surface area (Å²) in [6.45, 7) is 6.08. The molecule has 1 aromatic rings. The van der Waals surface area contributed by atoms with E-state index in [-0.39, 0.29) is 0 Å². The Kier molecular flexibility index (Phi) is 5.46. The SMILES string of the molecule is c1cc(CCCNCCN2CCCC2)ccn1. The molecule has 0 radical (unpaired) electrons. The van der Waals surface area contributed by atoms with Crippen LogP contribution >= 0.6 is 0 Å². The van der Waals surface area contributed by atoms with Crippen molar-refractivity contribution < 1.29 is 0 Å². The number of likely N-dealkylation sites (tertiary alicyclic amines) is 1. The molecule has 1 aliphatic heterocycles. The van der Waals surface area contributed by atoms with Gasteiger partial charge in [-0.3, -0.25) is 4.98 Å². The van der Waals surface area contributed by atoms with Gasteiger partial charge in [0.05, 0.1) is 0 Å². The highest BCUT2D eigenvalue weighted by Gasteiger charge is 2.09. The summed E-state index contributed by atoms with van der Waals surface area (Å²) in [5.74, 6) is 0. The van der Waals surface area contributed by atoms with E-state index in [0.717, 1.165) is 19.5 Å². The quantitative estimate of drug-likeness (QED) is 0.727. The number of rotatable bonds is 7. The molecule has 94 valence electrons. The molecule has 3 heteroatoms. The van der Waals surface area contributed by atoms with Crippen LogP contribution in [-0.2, 0) is 6.42 Å². The predicted octanol–water partition coefficient (Wildman–Crippen LogP) is 1.70. The van der Waals surface area contributed by atoms with Gasteiger partial charge in [-0.15, -0.1) is 0 Å². The first-order valence-corrected chi connectivity index (χ1v) is 6.77. The summed E-state index contributed by atoms with van der Waals surface area (Å²) in [7, 11) is 0. The lowest BCUT2D eigenvalue weighted by molar-refractivity contribution is 0.336. The van der Waals surface area contributed by atoms with Gasteiger partial charge in [0.2, 0.25) is 0 Å². The van der Waals surface area contributed by atoms with Crippen molar-refractivity contribution >= 4 is 0 Å². The van der Waals surface area contributed by atoms with E-state index in [1.54, 1.807) is 0 Å². The molecule has 0 saturated carbocycles. The van der Waals surface area contributed by atoms with Crippen molar-refractivity contribution in [2.45, 2.75) is 25.7 Å². The number of pyridine rings is 1. The third-order valence-corrected chi connectivity index (χ3v) is 3.37. The molecule has 1 saturated heterocycles. The molecule has 1 aromatic heterocycles. The Bertz CT molecular complexity index is 294. The highest BCUT2D eigenvalue weighted by molar-refractivity contribution is 5.09. The molecule has 0 bridgehead atoms. The molecule has 0 atom stereocenters. The van der Waals surface area contributed by atoms with Crippen molar-refractivity contribution in [2.75, 3.05) is 32.7 Å². The number of hydrogen-bond donors (Lipinski definition) is 1. The van der Waals surface area contributed by atoms with E-state index >= 15 is 0 Å². The predicted molar refractivity (Wildman–Crippen MR) is 71.1 cm³/mol. The summed E-state index contributed by atoms with van der Waals surface area (Å²) in [5.41, 5.74) is 1.39. The second-order valence-corrected chi connectivity index (χ2v) is 4.76. The summed E-state index contributed by atoms with van der Waals surface area (Å²) >= 11 is 0. The second kappa shape index (κ2) is 7.41. The summed E-state index contributed by atoms with van der Waals surface area (Å²) in [4.78, 5) is 6.58. The smallest absolute Gasteiger partial charge is 0.0270 e. The molecule has 17 heavy (non-hydrogen) atoms. The monoisotopic (exact) mass is 233 g/mol. The van der Waals surface area contributed by atoms with Crippen molar-refractivity contribution in [3.05, 3.63) is 30.1 Å². The van der Waals surface area contributed by atoms with E-state index in [2.05, 4.69) is 27.3 Å². The Morgan fingerprint density at radius 3 is 2.65 bits per heavy atom. The van der Waals surface area contributed by atoms with E-state index in [4.69, 9.17) is 0 Å². The van der Waals surface area contributed by atoms with Crippen LogP contribution in [0.1, 0.15) is 24.8 Å². The highest BCUT2D eigenvalue weighted by Crippen LogP contribution is 2.05. The van der Waals surface area contributed by atoms with Crippen molar-refractivity contribution in [3.8, 4) is 0 Å². The highest BCUT2D eigenvalue weighted by atomic mass is 15.1. The Morgan fingerprint density at radius 2 is 1.88 bits per heavy atom. The van der Waals surface area contributed by atoms with Gasteiger partial charge >= 0.3 is 0 Å². The van der Waals surface area contributed by atoms with Crippen LogP contribution in [0, 0.1) is 0 Å². The lowest BCUT2D eigenvalue weighted by Gasteiger charge is -2.14. The van der Waals surface area contributed by atoms with Gasteiger partial charge in [-0.05, 0) is 63.0 Å². The van der Waals surface area contributed by atoms with Crippen molar-refractivity contribution in [1.29, 1.82) is 0 Å². The Morgan fingerprint density at radius 1 is 1.12 bits per heavy atom. The number of nitrogens with one attached hydrogen (secondary N) is 1. The minimum Gasteiger partial charge on any atom is -0.315 e. The third-order valence-electron chi connectivity index (χ3n) is 3.37. The van der Waals surface area contributed by atoms with E-state index in [1.807, 2.05) is 12.4 Å². The molecule has 0 aliphatic carbocycles. The minimum absolute atomic E-state index is 1.12. The number of aromatic nitrogens is 1. The minimum atomic E-state index is 1.12. The number of aryl methyl sites for hydroxylation is 1. The fourth-order valence-corrected chi connectivity index (χ4v) is 2.34. The molecule has 3 nitrogen and oxygen atoms in total. The van der Waals surface area contributed by atoms with Crippen molar-refractivity contribution in [3.63, 3.8) is 0 Å². The van der Waals surface area contributed by atoms with Crippen LogP contribution in [0.4, 0.5) is 0 Å². The zero-order valence-corrected chi connectivity index (χ0v) is 10.6. The van der Waals surface area contributed by atoms with E-state index in [9.17, 15) is 0 Å². The maximum absolute atomic E-state index is 4.03. The van der Waals surface area contributed by atoms with Crippen LogP contribution in [0.25, 0.3) is 0 Å². The van der Waals surface area contributed by atoms with Gasteiger partial charge in [0.1, 0.15) is 0 Å². The number of nitrogens with zero attached hydrogens (tertiary/aromatic N) is 2. The van der Waals surface area contributed by atoms with Gasteiger partial charge < -0.3 is 10.2 Å². The molecule has 0 unspecified atom stereocenters. The standard InChI is InChI=1S/C14H23N3/c1-2-12-17(11-1)13-10-15-7-3-4-14-5-8-16-9-6-14/h5-6,8-9,15H,1-4,7,10-13H2. The average molecular weight is 233 g/mol. The molecule has 1 fully saturated rings. The van der Waals surface area contributed by atoms with Gasteiger partial charge in [0, 0.05) is 25.5 Å². The summed E-state index contributed by atoms with van der Waals surface area (Å²) in [6.07, 6.45) is 8.89. The molecule has 2 rings (SSSR count). The maximum atomic E-state index is 4.03. The maximum Gasteiger partial charge on any atom is 0.0270 e. The van der Waals surface area contributed by atoms with Crippen LogP contribution in [0.3, 0.4) is 0 Å². The fraction of sp³-hybridized carbons (Fsp3) is 0.643. The van der Waals surface area contributed by atoms with Crippen molar-refractivity contribution in [2.24, 2.45) is 0 Å². The summed E-state index contributed by atoms with van der Waals surface area (Å²) in [6, 6.07) is 4.20. The average Bonchev–Trinajstić information content (AvgIpc) is 2.88. The van der Waals surface area contributed by atoms with Gasteiger partial charge in [0.15, 0.2) is 0 Å². The van der Waals surface area contributed by atoms with E-state index in [1.165, 1.54) is 44.5 Å². The largest absolute Gasteiger partial charge is 0.315 e. The molecule has 0 aromatic carbocycles. The van der Waals surface area contributed by atoms with Crippen LogP contribution in [0.5, 0.6) is 0 Å². The summed E-state index contributed by atoms with van der Waals surface area (Å²) < 4.78 is 0. The van der Waals surface area contributed by atoms with Gasteiger partial charge in [-0.2, -0.15) is 0 Å². The molecule has 1 N–H and O–H groups in total. The first-order valence-electron chi connectivity index (χ1n) is 6.77. The van der Waals surface area contributed by atoms with Crippen LogP contribution in [-0.4, -0.2) is 42.6 Å². The first kappa shape index (κ1) is 12.5. The lowest BCUT2D eigenvalue weighted by Crippen LogP contribution is -2.30. The lowest BCUT2D eigenvalue weighted by atomic mass is 10.1. The van der Waals surface area contributed by atoms with Gasteiger partial charge in [-0.1, -0.05) is 0 Å². The molecule has 0 amide bonds. The molecule has 2 heterocycles. The summed E-state index contributed by atoms with van der Waals surface area (Å²) in [5, 5.41) is 3.53. The third kappa shape index (κ3) is 4.84.